The number of nitrogens with one attached hydrogen (secondary N) is 1. The number of carbonyl (C=O) groups excluding carboxylic acids is 1. The number of hydrogen-bond acceptors (Lipinski definition) is 4. The first-order valence-electron chi connectivity index (χ1n) is 8.59. The second-order valence-electron chi connectivity index (χ2n) is 6.61. The van der Waals surface area contributed by atoms with Gasteiger partial charge >= 0.3 is 5.97 Å². The quantitative estimate of drug-likeness (QED) is 0.808. The summed E-state index contributed by atoms with van der Waals surface area (Å²) in [6, 6.07) is 7.11. The van der Waals surface area contributed by atoms with E-state index < -0.39 is 5.97 Å². The molecule has 1 saturated heterocycles. The second-order valence-corrected chi connectivity index (χ2v) is 7.04. The number of carbonyl (C=O) groups is 2. The van der Waals surface area contributed by atoms with Crippen LogP contribution in [-0.2, 0) is 9.59 Å². The molecule has 2 atom stereocenters. The molecule has 0 radical (unpaired) electrons. The first-order valence-corrected chi connectivity index (χ1v) is 8.97. The molecule has 1 aromatic carbocycles. The van der Waals surface area contributed by atoms with Crippen molar-refractivity contribution in [3.05, 3.63) is 29.3 Å². The van der Waals surface area contributed by atoms with Crippen LogP contribution in [0.15, 0.2) is 24.3 Å². The van der Waals surface area contributed by atoms with Crippen molar-refractivity contribution >= 4 is 29.2 Å². The van der Waals surface area contributed by atoms with E-state index in [1.165, 1.54) is 0 Å². The molecule has 0 aliphatic carbocycles. The average molecular weight is 368 g/mol. The highest BCUT2D eigenvalue weighted by Gasteiger charge is 2.26. The monoisotopic (exact) mass is 367 g/mol. The van der Waals surface area contributed by atoms with Gasteiger partial charge in [-0.3, -0.25) is 19.4 Å². The van der Waals surface area contributed by atoms with Crippen LogP contribution in [0.5, 0.6) is 0 Å². The standard InChI is InChI=1S/C18H26ClN3O3/c1-13(18(25)20-15-6-3-5-14(19)11-15)22-9-4-7-16(8-10-22)21(2)12-17(23)24/h3,5-6,11,13,16H,4,7-10,12H2,1-2H3,(H,20,25)(H,23,24). The number of carboxylic acids is 1. The van der Waals surface area contributed by atoms with Crippen molar-refractivity contribution in [3.8, 4) is 0 Å². The van der Waals surface area contributed by atoms with Gasteiger partial charge in [0.15, 0.2) is 0 Å². The third-order valence-electron chi connectivity index (χ3n) is 4.76. The van der Waals surface area contributed by atoms with Crippen LogP contribution in [0.4, 0.5) is 5.69 Å². The van der Waals surface area contributed by atoms with E-state index in [2.05, 4.69) is 10.2 Å². The number of halogens is 1. The van der Waals surface area contributed by atoms with Crippen LogP contribution in [0.25, 0.3) is 0 Å². The minimum absolute atomic E-state index is 0.0511. The van der Waals surface area contributed by atoms with Crippen LogP contribution in [0, 0.1) is 0 Å². The van der Waals surface area contributed by atoms with Crippen LogP contribution in [0.3, 0.4) is 0 Å². The fourth-order valence-corrected chi connectivity index (χ4v) is 3.44. The molecule has 2 N–H and O–H groups in total. The molecule has 0 spiro atoms. The number of benzene rings is 1. The lowest BCUT2D eigenvalue weighted by molar-refractivity contribution is -0.138. The summed E-state index contributed by atoms with van der Waals surface area (Å²) in [6.07, 6.45) is 2.75. The summed E-state index contributed by atoms with van der Waals surface area (Å²) in [6.45, 7) is 3.57. The lowest BCUT2D eigenvalue weighted by atomic mass is 10.1. The molecule has 1 amide bonds. The van der Waals surface area contributed by atoms with Gasteiger partial charge < -0.3 is 10.4 Å². The lowest BCUT2D eigenvalue weighted by Gasteiger charge is -2.28. The number of hydrogen-bond donors (Lipinski definition) is 2. The van der Waals surface area contributed by atoms with E-state index in [-0.39, 0.29) is 24.5 Å². The van der Waals surface area contributed by atoms with Gasteiger partial charge in [-0.25, -0.2) is 0 Å². The summed E-state index contributed by atoms with van der Waals surface area (Å²) in [4.78, 5) is 27.4. The van der Waals surface area contributed by atoms with E-state index in [0.717, 1.165) is 32.4 Å². The highest BCUT2D eigenvalue weighted by Crippen LogP contribution is 2.19. The van der Waals surface area contributed by atoms with Crippen LogP contribution in [0.1, 0.15) is 26.2 Å². The molecule has 6 nitrogen and oxygen atoms in total. The minimum Gasteiger partial charge on any atom is -0.480 e. The van der Waals surface area contributed by atoms with Crippen molar-refractivity contribution in [2.45, 2.75) is 38.3 Å². The molecule has 138 valence electrons. The van der Waals surface area contributed by atoms with Crippen molar-refractivity contribution in [3.63, 3.8) is 0 Å². The second kappa shape index (κ2) is 9.17. The molecular weight excluding hydrogens is 342 g/mol. The Morgan fingerprint density at radius 3 is 2.84 bits per heavy atom. The topological polar surface area (TPSA) is 72.9 Å². The Bertz CT molecular complexity index is 611. The number of nitrogens with zero attached hydrogens (tertiary/aromatic N) is 2. The van der Waals surface area contributed by atoms with E-state index in [0.29, 0.717) is 10.7 Å². The van der Waals surface area contributed by atoms with E-state index in [4.69, 9.17) is 16.7 Å². The van der Waals surface area contributed by atoms with E-state index >= 15 is 0 Å². The fourth-order valence-electron chi connectivity index (χ4n) is 3.25. The fraction of sp³-hybridized carbons (Fsp3) is 0.556. The molecule has 2 unspecified atom stereocenters. The maximum absolute atomic E-state index is 12.5. The van der Waals surface area contributed by atoms with E-state index in [1.807, 2.05) is 24.9 Å². The zero-order valence-electron chi connectivity index (χ0n) is 14.7. The molecule has 1 aliphatic rings. The highest BCUT2D eigenvalue weighted by atomic mass is 35.5. The van der Waals surface area contributed by atoms with Crippen molar-refractivity contribution in [2.24, 2.45) is 0 Å². The number of likely N-dealkylation sites (N-methyl/N-ethyl adjacent to an activating group) is 1. The Morgan fingerprint density at radius 2 is 2.16 bits per heavy atom. The molecule has 1 heterocycles. The van der Waals surface area contributed by atoms with Gasteiger partial charge in [0, 0.05) is 23.3 Å². The van der Waals surface area contributed by atoms with Gasteiger partial charge in [-0.15, -0.1) is 0 Å². The van der Waals surface area contributed by atoms with Crippen molar-refractivity contribution < 1.29 is 14.7 Å². The molecule has 0 aromatic heterocycles. The highest BCUT2D eigenvalue weighted by molar-refractivity contribution is 6.30. The molecule has 0 saturated carbocycles. The number of carboxylic acid groups (broad SMARTS) is 1. The number of rotatable bonds is 6. The molecule has 25 heavy (non-hydrogen) atoms. The Labute approximate surface area is 153 Å². The van der Waals surface area contributed by atoms with E-state index in [9.17, 15) is 9.59 Å². The summed E-state index contributed by atoms with van der Waals surface area (Å²) in [5.74, 6) is -0.863. The van der Waals surface area contributed by atoms with Crippen molar-refractivity contribution in [2.75, 3.05) is 32.0 Å². The Morgan fingerprint density at radius 1 is 1.40 bits per heavy atom. The predicted octanol–water partition coefficient (Wildman–Crippen LogP) is 2.54. The van der Waals surface area contributed by atoms with Crippen LogP contribution in [0.2, 0.25) is 5.02 Å². The number of aliphatic carboxylic acids is 1. The third kappa shape index (κ3) is 5.99. The number of amides is 1. The summed E-state index contributed by atoms with van der Waals surface area (Å²) in [5.41, 5.74) is 0.693. The lowest BCUT2D eigenvalue weighted by Crippen LogP contribution is -2.43. The van der Waals surface area contributed by atoms with E-state index in [1.54, 1.807) is 18.2 Å². The zero-order valence-corrected chi connectivity index (χ0v) is 15.5. The van der Waals surface area contributed by atoms with Gasteiger partial charge in [-0.05, 0) is 58.0 Å². The molecular formula is C18H26ClN3O3. The normalized spacial score (nSPS) is 20.1. The zero-order chi connectivity index (χ0) is 18.4. The van der Waals surface area contributed by atoms with Gasteiger partial charge in [-0.1, -0.05) is 17.7 Å². The summed E-state index contributed by atoms with van der Waals surface area (Å²) in [5, 5.41) is 12.4. The van der Waals surface area contributed by atoms with Crippen molar-refractivity contribution in [1.29, 1.82) is 0 Å². The average Bonchev–Trinajstić information content (AvgIpc) is 2.79. The smallest absolute Gasteiger partial charge is 0.317 e. The molecule has 7 heteroatoms. The molecule has 1 aromatic rings. The first kappa shape index (κ1) is 19.7. The van der Waals surface area contributed by atoms with Gasteiger partial charge in [-0.2, -0.15) is 0 Å². The largest absolute Gasteiger partial charge is 0.480 e. The minimum atomic E-state index is -0.808. The third-order valence-corrected chi connectivity index (χ3v) is 4.99. The maximum Gasteiger partial charge on any atom is 0.317 e. The number of likely N-dealkylation sites (tertiary alicyclic amines) is 1. The SMILES string of the molecule is CC(C(=O)Nc1cccc(Cl)c1)N1CCCC(N(C)CC(=O)O)CC1. The Hall–Kier alpha value is -1.63. The summed E-state index contributed by atoms with van der Waals surface area (Å²) >= 11 is 5.95. The maximum atomic E-state index is 12.5. The van der Waals surface area contributed by atoms with Gasteiger partial charge in [0.1, 0.15) is 0 Å². The Balaban J connectivity index is 1.90. The number of anilines is 1. The van der Waals surface area contributed by atoms with Gasteiger partial charge in [0.05, 0.1) is 12.6 Å². The Kier molecular flexibility index (Phi) is 7.23. The van der Waals surface area contributed by atoms with Gasteiger partial charge in [0.2, 0.25) is 5.91 Å². The molecule has 1 aliphatic heterocycles. The summed E-state index contributed by atoms with van der Waals surface area (Å²) in [7, 11) is 1.85. The summed E-state index contributed by atoms with van der Waals surface area (Å²) < 4.78 is 0. The van der Waals surface area contributed by atoms with Gasteiger partial charge in [0.25, 0.3) is 0 Å². The van der Waals surface area contributed by atoms with Crippen LogP contribution in [-0.4, -0.2) is 65.5 Å². The van der Waals surface area contributed by atoms with Crippen molar-refractivity contribution in [1.82, 2.24) is 9.80 Å². The first-order chi connectivity index (χ1) is 11.9. The predicted molar refractivity (Wildman–Crippen MR) is 99.0 cm³/mol. The molecule has 2 rings (SSSR count). The molecule has 0 bridgehead atoms. The van der Waals surface area contributed by atoms with Crippen LogP contribution < -0.4 is 5.32 Å². The van der Waals surface area contributed by atoms with Crippen LogP contribution >= 0.6 is 11.6 Å². The molecule has 1 fully saturated rings.